The largest absolute Gasteiger partial charge is 0.497 e. The predicted octanol–water partition coefficient (Wildman–Crippen LogP) is 3.45. The molecule has 2 aromatic carbocycles. The van der Waals surface area contributed by atoms with Crippen molar-refractivity contribution >= 4 is 11.8 Å². The normalized spacial score (nSPS) is 10.9. The quantitative estimate of drug-likeness (QED) is 0.331. The van der Waals surface area contributed by atoms with Crippen molar-refractivity contribution in [3.63, 3.8) is 0 Å². The highest BCUT2D eigenvalue weighted by atomic mass is 32.2. The molecule has 2 heterocycles. The van der Waals surface area contributed by atoms with Crippen molar-refractivity contribution in [3.8, 4) is 22.8 Å². The summed E-state index contributed by atoms with van der Waals surface area (Å²) < 4.78 is 12.2. The molecule has 0 saturated heterocycles. The van der Waals surface area contributed by atoms with Crippen molar-refractivity contribution in [2.45, 2.75) is 18.0 Å². The smallest absolute Gasteiger partial charge is 0.226 e. The Morgan fingerprint density at radius 1 is 1.07 bits per heavy atom. The Bertz CT molecular complexity index is 1020. The second kappa shape index (κ2) is 8.66. The Hall–Kier alpha value is -3.20. The van der Waals surface area contributed by atoms with E-state index in [1.54, 1.807) is 23.6 Å². The molecule has 4 rings (SSSR count). The fourth-order valence-corrected chi connectivity index (χ4v) is 3.43. The summed E-state index contributed by atoms with van der Waals surface area (Å²) in [6.45, 7) is 0. The molecule has 0 bridgehead atoms. The van der Waals surface area contributed by atoms with Crippen LogP contribution in [0.2, 0.25) is 0 Å². The Kier molecular flexibility index (Phi) is 5.62. The zero-order valence-corrected chi connectivity index (χ0v) is 16.0. The molecule has 0 spiro atoms. The average molecular weight is 394 g/mol. The number of tetrazole rings is 1. The van der Waals surface area contributed by atoms with Crippen molar-refractivity contribution in [3.05, 3.63) is 60.5 Å². The number of hydrogen-bond acceptors (Lipinski definition) is 8. The van der Waals surface area contributed by atoms with Crippen molar-refractivity contribution in [1.82, 2.24) is 30.3 Å². The zero-order chi connectivity index (χ0) is 19.2. The summed E-state index contributed by atoms with van der Waals surface area (Å²) in [5.74, 6) is 2.88. The van der Waals surface area contributed by atoms with Gasteiger partial charge in [0, 0.05) is 17.7 Å². The van der Waals surface area contributed by atoms with E-state index in [2.05, 4.69) is 25.7 Å². The standard InChI is InChI=1S/C19H18N6O2S/c1-26-16-11-9-15(10-12-16)25-19(21-23-24-25)28-13-5-8-17-20-18(22-27-17)14-6-3-2-4-7-14/h2-4,6-7,9-12H,5,8,13H2,1H3. The van der Waals surface area contributed by atoms with Crippen LogP contribution in [0.25, 0.3) is 17.1 Å². The molecule has 0 atom stereocenters. The van der Waals surface area contributed by atoms with Crippen LogP contribution in [0.4, 0.5) is 0 Å². The summed E-state index contributed by atoms with van der Waals surface area (Å²) in [4.78, 5) is 4.45. The molecular weight excluding hydrogens is 376 g/mol. The molecule has 0 N–H and O–H groups in total. The van der Waals surface area contributed by atoms with Gasteiger partial charge in [-0.15, -0.1) is 5.10 Å². The molecule has 2 aromatic heterocycles. The van der Waals surface area contributed by atoms with E-state index in [0.717, 1.165) is 34.3 Å². The van der Waals surface area contributed by atoms with Gasteiger partial charge in [-0.25, -0.2) is 0 Å². The molecule has 0 fully saturated rings. The van der Waals surface area contributed by atoms with Gasteiger partial charge < -0.3 is 9.26 Å². The maximum atomic E-state index is 5.34. The SMILES string of the molecule is COc1ccc(-n2nnnc2SCCCc2nc(-c3ccccc3)no2)cc1. The predicted molar refractivity (Wildman–Crippen MR) is 104 cm³/mol. The van der Waals surface area contributed by atoms with Gasteiger partial charge in [-0.3, -0.25) is 0 Å². The topological polar surface area (TPSA) is 91.8 Å². The number of aryl methyl sites for hydroxylation is 1. The van der Waals surface area contributed by atoms with E-state index >= 15 is 0 Å². The number of aromatic nitrogens is 6. The molecule has 0 amide bonds. The van der Waals surface area contributed by atoms with Gasteiger partial charge in [0.1, 0.15) is 5.75 Å². The number of nitrogens with zero attached hydrogens (tertiary/aromatic N) is 6. The minimum Gasteiger partial charge on any atom is -0.497 e. The van der Waals surface area contributed by atoms with E-state index in [1.807, 2.05) is 54.6 Å². The third-order valence-electron chi connectivity index (χ3n) is 4.02. The van der Waals surface area contributed by atoms with E-state index in [9.17, 15) is 0 Å². The minimum atomic E-state index is 0.617. The van der Waals surface area contributed by atoms with Crippen LogP contribution in [0, 0.1) is 0 Å². The van der Waals surface area contributed by atoms with Gasteiger partial charge >= 0.3 is 0 Å². The Labute approximate surface area is 165 Å². The van der Waals surface area contributed by atoms with Crippen LogP contribution in [0.5, 0.6) is 5.75 Å². The average Bonchev–Trinajstić information content (AvgIpc) is 3.42. The monoisotopic (exact) mass is 394 g/mol. The van der Waals surface area contributed by atoms with E-state index < -0.39 is 0 Å². The van der Waals surface area contributed by atoms with Crippen LogP contribution in [0.3, 0.4) is 0 Å². The fraction of sp³-hybridized carbons (Fsp3) is 0.211. The molecular formula is C19H18N6O2S. The number of benzene rings is 2. The highest BCUT2D eigenvalue weighted by molar-refractivity contribution is 7.99. The zero-order valence-electron chi connectivity index (χ0n) is 15.2. The van der Waals surface area contributed by atoms with Crippen molar-refractivity contribution in [2.24, 2.45) is 0 Å². The number of thioether (sulfide) groups is 1. The van der Waals surface area contributed by atoms with Gasteiger partial charge in [0.15, 0.2) is 0 Å². The molecule has 0 aliphatic carbocycles. The van der Waals surface area contributed by atoms with Crippen LogP contribution in [-0.4, -0.2) is 43.2 Å². The summed E-state index contributed by atoms with van der Waals surface area (Å²) in [5.41, 5.74) is 1.84. The van der Waals surface area contributed by atoms with Crippen molar-refractivity contribution < 1.29 is 9.26 Å². The summed E-state index contributed by atoms with van der Waals surface area (Å²) in [5, 5.41) is 16.7. The molecule has 142 valence electrons. The Morgan fingerprint density at radius 2 is 1.89 bits per heavy atom. The molecule has 28 heavy (non-hydrogen) atoms. The maximum absolute atomic E-state index is 5.34. The van der Waals surface area contributed by atoms with Gasteiger partial charge in [0.05, 0.1) is 12.8 Å². The van der Waals surface area contributed by atoms with Crippen molar-refractivity contribution in [2.75, 3.05) is 12.9 Å². The highest BCUT2D eigenvalue weighted by Crippen LogP contribution is 2.22. The third-order valence-corrected chi connectivity index (χ3v) is 5.03. The molecule has 9 heteroatoms. The lowest BCUT2D eigenvalue weighted by molar-refractivity contribution is 0.378. The van der Waals surface area contributed by atoms with Gasteiger partial charge in [-0.1, -0.05) is 47.3 Å². The lowest BCUT2D eigenvalue weighted by Crippen LogP contribution is -1.99. The maximum Gasteiger partial charge on any atom is 0.226 e. The number of ether oxygens (including phenoxy) is 1. The summed E-state index contributed by atoms with van der Waals surface area (Å²) in [6.07, 6.45) is 1.58. The number of hydrogen-bond donors (Lipinski definition) is 0. The van der Waals surface area contributed by atoms with Crippen LogP contribution < -0.4 is 4.74 Å². The second-order valence-corrected chi connectivity index (χ2v) is 6.96. The summed E-state index contributed by atoms with van der Waals surface area (Å²) >= 11 is 1.59. The molecule has 0 saturated carbocycles. The second-order valence-electron chi connectivity index (χ2n) is 5.90. The number of rotatable bonds is 8. The summed E-state index contributed by atoms with van der Waals surface area (Å²) in [7, 11) is 1.64. The molecule has 0 aliphatic heterocycles. The van der Waals surface area contributed by atoms with E-state index in [0.29, 0.717) is 18.1 Å². The first-order valence-electron chi connectivity index (χ1n) is 8.77. The van der Waals surface area contributed by atoms with E-state index in [-0.39, 0.29) is 0 Å². The third kappa shape index (κ3) is 4.20. The fourth-order valence-electron chi connectivity index (χ4n) is 2.60. The Balaban J connectivity index is 1.32. The van der Waals surface area contributed by atoms with Crippen LogP contribution in [0.1, 0.15) is 12.3 Å². The van der Waals surface area contributed by atoms with Crippen molar-refractivity contribution in [1.29, 1.82) is 0 Å². The molecule has 0 aliphatic rings. The Morgan fingerprint density at radius 3 is 2.68 bits per heavy atom. The first kappa shape index (κ1) is 18.2. The minimum absolute atomic E-state index is 0.617. The van der Waals surface area contributed by atoms with Crippen LogP contribution in [-0.2, 0) is 6.42 Å². The lowest BCUT2D eigenvalue weighted by atomic mass is 10.2. The molecule has 8 nitrogen and oxygen atoms in total. The molecule has 0 radical (unpaired) electrons. The van der Waals surface area contributed by atoms with E-state index in [4.69, 9.17) is 9.26 Å². The van der Waals surface area contributed by atoms with Gasteiger partial charge in [-0.2, -0.15) is 9.67 Å². The first-order valence-corrected chi connectivity index (χ1v) is 9.75. The highest BCUT2D eigenvalue weighted by Gasteiger charge is 2.11. The summed E-state index contributed by atoms with van der Waals surface area (Å²) in [6, 6.07) is 17.4. The van der Waals surface area contributed by atoms with Gasteiger partial charge in [0.2, 0.25) is 16.9 Å². The van der Waals surface area contributed by atoms with E-state index in [1.165, 1.54) is 0 Å². The number of methoxy groups -OCH3 is 1. The van der Waals surface area contributed by atoms with Crippen LogP contribution in [0.15, 0.2) is 64.3 Å². The molecule has 0 unspecified atom stereocenters. The van der Waals surface area contributed by atoms with Crippen LogP contribution >= 0.6 is 11.8 Å². The van der Waals surface area contributed by atoms with Gasteiger partial charge in [0.25, 0.3) is 0 Å². The lowest BCUT2D eigenvalue weighted by Gasteiger charge is -2.05. The van der Waals surface area contributed by atoms with Gasteiger partial charge in [-0.05, 0) is 41.1 Å². The molecule has 4 aromatic rings. The first-order chi connectivity index (χ1) is 13.8.